The van der Waals surface area contributed by atoms with E-state index in [4.69, 9.17) is 16.3 Å². The molecule has 146 valence electrons. The average Bonchev–Trinajstić information content (AvgIpc) is 2.61. The maximum Gasteiger partial charge on any atom is 0.281 e. The first-order valence-electron chi connectivity index (χ1n) is 8.77. The van der Waals surface area contributed by atoms with Crippen LogP contribution in [0.4, 0.5) is 0 Å². The fourth-order valence-corrected chi connectivity index (χ4v) is 4.47. The summed E-state index contributed by atoms with van der Waals surface area (Å²) in [4.78, 5) is 4.59. The van der Waals surface area contributed by atoms with Crippen LogP contribution in [0.25, 0.3) is 0 Å². The van der Waals surface area contributed by atoms with Crippen molar-refractivity contribution in [1.82, 2.24) is 13.6 Å². The molecule has 1 fully saturated rings. The van der Waals surface area contributed by atoms with Crippen LogP contribution in [0.15, 0.2) is 36.4 Å². The van der Waals surface area contributed by atoms with E-state index in [1.54, 1.807) is 0 Å². The molecule has 0 radical (unpaired) electrons. The molecule has 1 aromatic carbocycles. The molecule has 0 unspecified atom stereocenters. The fraction of sp³-hybridized carbons (Fsp3) is 0.421. The summed E-state index contributed by atoms with van der Waals surface area (Å²) in [5, 5.41) is 0.707. The first-order chi connectivity index (χ1) is 12.8. The summed E-state index contributed by atoms with van der Waals surface area (Å²) in [6.07, 6.45) is 0.343. The Kier molecular flexibility index (Phi) is 6.18. The van der Waals surface area contributed by atoms with E-state index >= 15 is 0 Å². The number of morpholine rings is 1. The molecule has 1 aliphatic rings. The molecule has 0 aliphatic carbocycles. The highest BCUT2D eigenvalue weighted by atomic mass is 35.5. The molecule has 27 heavy (non-hydrogen) atoms. The summed E-state index contributed by atoms with van der Waals surface area (Å²) in [6.45, 7) is 2.88. The molecule has 1 aliphatic heterocycles. The van der Waals surface area contributed by atoms with Crippen LogP contribution in [0, 0.1) is 6.92 Å². The second kappa shape index (κ2) is 8.24. The lowest BCUT2D eigenvalue weighted by Gasteiger charge is -2.33. The summed E-state index contributed by atoms with van der Waals surface area (Å²) in [7, 11) is -0.399. The Morgan fingerprint density at radius 3 is 2.74 bits per heavy atom. The lowest BCUT2D eigenvalue weighted by atomic mass is 10.0. The van der Waals surface area contributed by atoms with Crippen molar-refractivity contribution in [3.63, 3.8) is 0 Å². The summed E-state index contributed by atoms with van der Waals surface area (Å²) in [5.41, 5.74) is 3.84. The monoisotopic (exact) mass is 409 g/mol. The minimum Gasteiger partial charge on any atom is -0.369 e. The van der Waals surface area contributed by atoms with E-state index in [9.17, 15) is 8.42 Å². The molecule has 8 heteroatoms. The van der Waals surface area contributed by atoms with Gasteiger partial charge in [0.2, 0.25) is 0 Å². The summed E-state index contributed by atoms with van der Waals surface area (Å²) in [5.74, 6) is 0. The number of benzene rings is 1. The third kappa shape index (κ3) is 4.86. The largest absolute Gasteiger partial charge is 0.369 e. The smallest absolute Gasteiger partial charge is 0.281 e. The third-order valence-corrected chi connectivity index (χ3v) is 6.62. The number of aryl methyl sites for hydroxylation is 1. The molecule has 3 rings (SSSR count). The van der Waals surface area contributed by atoms with Gasteiger partial charge in [-0.25, -0.2) is 0 Å². The quantitative estimate of drug-likeness (QED) is 0.761. The molecule has 0 bridgehead atoms. The molecular weight excluding hydrogens is 386 g/mol. The van der Waals surface area contributed by atoms with E-state index in [1.165, 1.54) is 22.7 Å². The van der Waals surface area contributed by atoms with Gasteiger partial charge in [-0.1, -0.05) is 23.7 Å². The van der Waals surface area contributed by atoms with Gasteiger partial charge in [0.15, 0.2) is 0 Å². The van der Waals surface area contributed by atoms with Crippen LogP contribution >= 0.6 is 11.6 Å². The highest BCUT2D eigenvalue weighted by Gasteiger charge is 2.32. The van der Waals surface area contributed by atoms with Crippen molar-refractivity contribution in [3.05, 3.63) is 63.9 Å². The van der Waals surface area contributed by atoms with Gasteiger partial charge in [-0.05, 0) is 48.7 Å². The first-order valence-corrected chi connectivity index (χ1v) is 10.5. The van der Waals surface area contributed by atoms with Gasteiger partial charge in [-0.3, -0.25) is 4.98 Å². The molecule has 0 spiro atoms. The van der Waals surface area contributed by atoms with Gasteiger partial charge in [0.1, 0.15) is 6.10 Å². The van der Waals surface area contributed by atoms with Crippen LogP contribution in [0.5, 0.6) is 0 Å². The van der Waals surface area contributed by atoms with Crippen molar-refractivity contribution in [1.29, 1.82) is 0 Å². The van der Waals surface area contributed by atoms with Crippen LogP contribution in [0.2, 0.25) is 5.02 Å². The second-order valence-corrected chi connectivity index (χ2v) is 9.43. The molecule has 1 saturated heterocycles. The SMILES string of the molecule is Cc1cc(Cc2cccc(Cl)c2)cc([C@H]2CN(S(=O)(=O)N(C)C)CCO2)n1. The normalized spacial score (nSPS) is 18.8. The maximum absolute atomic E-state index is 12.4. The standard InChI is InChI=1S/C19H24ClN3O3S/c1-14-9-16(10-15-5-4-6-17(20)11-15)12-18(21-14)19-13-23(7-8-26-19)27(24,25)22(2)3/h4-6,9,11-12,19H,7-8,10,13H2,1-3H3/t19-/m1/s1. The Morgan fingerprint density at radius 2 is 2.04 bits per heavy atom. The number of halogens is 1. The molecular formula is C19H24ClN3O3S. The van der Waals surface area contributed by atoms with Crippen molar-refractivity contribution in [2.75, 3.05) is 33.8 Å². The molecule has 0 N–H and O–H groups in total. The van der Waals surface area contributed by atoms with Gasteiger partial charge in [-0.2, -0.15) is 17.0 Å². The number of hydrogen-bond acceptors (Lipinski definition) is 4. The maximum atomic E-state index is 12.4. The lowest BCUT2D eigenvalue weighted by Crippen LogP contribution is -2.47. The summed E-state index contributed by atoms with van der Waals surface area (Å²) < 4.78 is 33.4. The molecule has 1 aromatic heterocycles. The molecule has 1 atom stereocenters. The topological polar surface area (TPSA) is 62.7 Å². The number of hydrogen-bond donors (Lipinski definition) is 0. The van der Waals surface area contributed by atoms with Crippen molar-refractivity contribution in [2.24, 2.45) is 0 Å². The number of rotatable bonds is 5. The molecule has 6 nitrogen and oxygen atoms in total. The van der Waals surface area contributed by atoms with Gasteiger partial charge in [0.25, 0.3) is 10.2 Å². The van der Waals surface area contributed by atoms with Gasteiger partial charge in [-0.15, -0.1) is 0 Å². The van der Waals surface area contributed by atoms with Gasteiger partial charge < -0.3 is 4.74 Å². The Balaban J connectivity index is 1.83. The third-order valence-electron chi connectivity index (χ3n) is 4.48. The van der Waals surface area contributed by atoms with Crippen molar-refractivity contribution in [2.45, 2.75) is 19.4 Å². The summed E-state index contributed by atoms with van der Waals surface area (Å²) in [6, 6.07) is 11.8. The van der Waals surface area contributed by atoms with E-state index in [0.29, 0.717) is 18.2 Å². The van der Waals surface area contributed by atoms with Crippen molar-refractivity contribution >= 4 is 21.8 Å². The van der Waals surface area contributed by atoms with E-state index in [-0.39, 0.29) is 12.6 Å². The number of aromatic nitrogens is 1. The van der Waals surface area contributed by atoms with Gasteiger partial charge in [0.05, 0.1) is 12.3 Å². The van der Waals surface area contributed by atoms with E-state index < -0.39 is 10.2 Å². The zero-order chi connectivity index (χ0) is 19.6. The highest BCUT2D eigenvalue weighted by molar-refractivity contribution is 7.86. The van der Waals surface area contributed by atoms with Gasteiger partial charge in [0, 0.05) is 37.9 Å². The molecule has 2 heterocycles. The van der Waals surface area contributed by atoms with E-state index in [0.717, 1.165) is 28.9 Å². The minimum atomic E-state index is -3.47. The Morgan fingerprint density at radius 1 is 1.26 bits per heavy atom. The highest BCUT2D eigenvalue weighted by Crippen LogP contribution is 2.25. The number of nitrogens with zero attached hydrogens (tertiary/aromatic N) is 3. The molecule has 0 saturated carbocycles. The number of pyridine rings is 1. The zero-order valence-electron chi connectivity index (χ0n) is 15.7. The van der Waals surface area contributed by atoms with Gasteiger partial charge >= 0.3 is 0 Å². The second-order valence-electron chi connectivity index (χ2n) is 6.86. The van der Waals surface area contributed by atoms with E-state index in [2.05, 4.69) is 4.98 Å². The lowest BCUT2D eigenvalue weighted by molar-refractivity contribution is -0.00633. The summed E-state index contributed by atoms with van der Waals surface area (Å²) >= 11 is 6.08. The van der Waals surface area contributed by atoms with E-state index in [1.807, 2.05) is 43.3 Å². The van der Waals surface area contributed by atoms with Crippen molar-refractivity contribution in [3.8, 4) is 0 Å². The average molecular weight is 410 g/mol. The predicted octanol–water partition coefficient (Wildman–Crippen LogP) is 2.81. The first kappa shape index (κ1) is 20.2. The van der Waals surface area contributed by atoms with Crippen LogP contribution in [-0.2, 0) is 21.4 Å². The Labute approximate surface area is 165 Å². The Bertz CT molecular complexity index is 918. The Hall–Kier alpha value is -1.51. The predicted molar refractivity (Wildman–Crippen MR) is 106 cm³/mol. The number of ether oxygens (including phenoxy) is 1. The molecule has 2 aromatic rings. The zero-order valence-corrected chi connectivity index (χ0v) is 17.3. The van der Waals surface area contributed by atoms with Crippen LogP contribution in [0.3, 0.4) is 0 Å². The van der Waals surface area contributed by atoms with Crippen LogP contribution in [0.1, 0.15) is 28.6 Å². The van der Waals surface area contributed by atoms with Crippen LogP contribution in [-0.4, -0.2) is 55.8 Å². The van der Waals surface area contributed by atoms with Crippen LogP contribution < -0.4 is 0 Å². The fourth-order valence-electron chi connectivity index (χ4n) is 3.16. The minimum absolute atomic E-state index is 0.258. The molecule has 0 amide bonds. The van der Waals surface area contributed by atoms with Crippen molar-refractivity contribution < 1.29 is 13.2 Å².